The van der Waals surface area contributed by atoms with Crippen molar-refractivity contribution in [3.05, 3.63) is 89.4 Å². The Hall–Kier alpha value is -3.25. The monoisotopic (exact) mass is 394 g/mol. The molecule has 1 aromatic heterocycles. The number of nitrogens with zero attached hydrogens (tertiary/aromatic N) is 1. The number of hydrogen-bond acceptors (Lipinski definition) is 4. The van der Waals surface area contributed by atoms with Gasteiger partial charge in [0.1, 0.15) is 17.1 Å². The zero-order valence-electron chi connectivity index (χ0n) is 16.6. The number of rotatable bonds is 7. The second-order valence-corrected chi connectivity index (χ2v) is 7.01. The predicted octanol–water partition coefficient (Wildman–Crippen LogP) is 4.82. The number of nitrogens with one attached hydrogen (secondary N) is 1. The Bertz CT molecular complexity index is 970. The van der Waals surface area contributed by atoms with Crippen LogP contribution < -0.4 is 10.1 Å². The number of benzene rings is 2. The van der Waals surface area contributed by atoms with E-state index in [1.165, 1.54) is 30.5 Å². The number of pyridine rings is 1. The number of carbonyl (C=O) groups is 1. The standard InChI is InChI=1S/C23H23FN2O3/c1-23(2,28-3)17-8-6-16(7-9-17)15-26-21(27)20-5-4-14-25-22(20)29-19-12-10-18(24)11-13-19/h4-14H,15H2,1-3H3,(H,26,27). The number of halogens is 1. The molecule has 6 heteroatoms. The van der Waals surface area contributed by atoms with Crippen LogP contribution in [0.25, 0.3) is 0 Å². The van der Waals surface area contributed by atoms with Gasteiger partial charge in [0.15, 0.2) is 0 Å². The molecule has 0 aliphatic rings. The predicted molar refractivity (Wildman–Crippen MR) is 108 cm³/mol. The second kappa shape index (κ2) is 8.84. The first kappa shape index (κ1) is 20.5. The van der Waals surface area contributed by atoms with Crippen LogP contribution in [-0.2, 0) is 16.9 Å². The number of carbonyl (C=O) groups excluding carboxylic acids is 1. The lowest BCUT2D eigenvalue weighted by atomic mass is 9.97. The summed E-state index contributed by atoms with van der Waals surface area (Å²) in [6.07, 6.45) is 1.53. The Balaban J connectivity index is 1.67. The molecule has 5 nitrogen and oxygen atoms in total. The highest BCUT2D eigenvalue weighted by molar-refractivity contribution is 5.96. The molecule has 3 rings (SSSR count). The Morgan fingerprint density at radius 3 is 2.41 bits per heavy atom. The van der Waals surface area contributed by atoms with Crippen molar-refractivity contribution in [2.75, 3.05) is 7.11 Å². The highest BCUT2D eigenvalue weighted by Crippen LogP contribution is 2.25. The van der Waals surface area contributed by atoms with Gasteiger partial charge in [-0.05, 0) is 61.4 Å². The van der Waals surface area contributed by atoms with Crippen molar-refractivity contribution >= 4 is 5.91 Å². The van der Waals surface area contributed by atoms with Crippen LogP contribution in [0.15, 0.2) is 66.9 Å². The number of aromatic nitrogens is 1. The molecule has 0 spiro atoms. The molecule has 0 fully saturated rings. The van der Waals surface area contributed by atoms with Gasteiger partial charge in [0.2, 0.25) is 5.88 Å². The summed E-state index contributed by atoms with van der Waals surface area (Å²) in [5, 5.41) is 2.87. The molecular formula is C23H23FN2O3. The third kappa shape index (κ3) is 5.18. The second-order valence-electron chi connectivity index (χ2n) is 7.01. The summed E-state index contributed by atoms with van der Waals surface area (Å²) in [5.41, 5.74) is 1.94. The quantitative estimate of drug-likeness (QED) is 0.624. The van der Waals surface area contributed by atoms with Gasteiger partial charge in [-0.3, -0.25) is 4.79 Å². The molecule has 0 unspecified atom stereocenters. The molecule has 0 atom stereocenters. The van der Waals surface area contributed by atoms with E-state index in [1.807, 2.05) is 38.1 Å². The molecule has 0 saturated carbocycles. The van der Waals surface area contributed by atoms with Gasteiger partial charge >= 0.3 is 0 Å². The molecule has 0 aliphatic carbocycles. The van der Waals surface area contributed by atoms with Crippen LogP contribution in [0.5, 0.6) is 11.6 Å². The average Bonchev–Trinajstić information content (AvgIpc) is 2.74. The van der Waals surface area contributed by atoms with E-state index in [2.05, 4.69) is 10.3 Å². The number of amides is 1. The minimum absolute atomic E-state index is 0.161. The van der Waals surface area contributed by atoms with Crippen LogP contribution in [0.1, 0.15) is 35.3 Å². The fourth-order valence-electron chi connectivity index (χ4n) is 2.68. The zero-order chi connectivity index (χ0) is 20.9. The van der Waals surface area contributed by atoms with Gasteiger partial charge in [-0.1, -0.05) is 24.3 Å². The molecule has 0 aliphatic heterocycles. The summed E-state index contributed by atoms with van der Waals surface area (Å²) in [6.45, 7) is 4.35. The normalized spacial score (nSPS) is 11.2. The Morgan fingerprint density at radius 2 is 1.76 bits per heavy atom. The van der Waals surface area contributed by atoms with Gasteiger partial charge in [-0.25, -0.2) is 9.37 Å². The smallest absolute Gasteiger partial charge is 0.257 e. The van der Waals surface area contributed by atoms with Gasteiger partial charge in [0, 0.05) is 19.9 Å². The first-order valence-corrected chi connectivity index (χ1v) is 9.20. The molecule has 29 heavy (non-hydrogen) atoms. The topological polar surface area (TPSA) is 60.5 Å². The van der Waals surface area contributed by atoms with Gasteiger partial charge in [-0.15, -0.1) is 0 Å². The Morgan fingerprint density at radius 1 is 1.07 bits per heavy atom. The average molecular weight is 394 g/mol. The molecule has 1 amide bonds. The van der Waals surface area contributed by atoms with Gasteiger partial charge in [0.05, 0.1) is 5.60 Å². The zero-order valence-corrected chi connectivity index (χ0v) is 16.6. The van der Waals surface area contributed by atoms with Crippen LogP contribution in [-0.4, -0.2) is 18.0 Å². The van der Waals surface area contributed by atoms with Gasteiger partial charge in [0.25, 0.3) is 5.91 Å². The first-order chi connectivity index (χ1) is 13.9. The summed E-state index contributed by atoms with van der Waals surface area (Å²) >= 11 is 0. The van der Waals surface area contributed by atoms with E-state index in [4.69, 9.17) is 9.47 Å². The van der Waals surface area contributed by atoms with E-state index < -0.39 is 0 Å². The van der Waals surface area contributed by atoms with Crippen molar-refractivity contribution in [2.45, 2.75) is 26.0 Å². The maximum absolute atomic E-state index is 13.1. The summed E-state index contributed by atoms with van der Waals surface area (Å²) in [5.74, 6) is -0.114. The lowest BCUT2D eigenvalue weighted by Gasteiger charge is -2.23. The Labute approximate surface area is 169 Å². The van der Waals surface area contributed by atoms with Crippen molar-refractivity contribution in [3.8, 4) is 11.6 Å². The van der Waals surface area contributed by atoms with Crippen molar-refractivity contribution in [3.63, 3.8) is 0 Å². The van der Waals surface area contributed by atoms with Crippen molar-refractivity contribution in [1.29, 1.82) is 0 Å². The van der Waals surface area contributed by atoms with E-state index in [9.17, 15) is 9.18 Å². The highest BCUT2D eigenvalue weighted by atomic mass is 19.1. The number of ether oxygens (including phenoxy) is 2. The maximum atomic E-state index is 13.1. The fourth-order valence-corrected chi connectivity index (χ4v) is 2.68. The molecular weight excluding hydrogens is 371 g/mol. The SMILES string of the molecule is COC(C)(C)c1ccc(CNC(=O)c2cccnc2Oc2ccc(F)cc2)cc1. The van der Waals surface area contributed by atoms with E-state index >= 15 is 0 Å². The molecule has 1 heterocycles. The van der Waals surface area contributed by atoms with Gasteiger partial charge < -0.3 is 14.8 Å². The molecule has 3 aromatic rings. The maximum Gasteiger partial charge on any atom is 0.257 e. The molecule has 2 aromatic carbocycles. The minimum Gasteiger partial charge on any atom is -0.438 e. The van der Waals surface area contributed by atoms with E-state index in [0.29, 0.717) is 17.9 Å². The van der Waals surface area contributed by atoms with Crippen LogP contribution in [0.3, 0.4) is 0 Å². The van der Waals surface area contributed by atoms with E-state index in [-0.39, 0.29) is 23.2 Å². The molecule has 0 radical (unpaired) electrons. The highest BCUT2D eigenvalue weighted by Gasteiger charge is 2.19. The molecule has 0 bridgehead atoms. The van der Waals surface area contributed by atoms with Crippen LogP contribution in [0.4, 0.5) is 4.39 Å². The van der Waals surface area contributed by atoms with E-state index in [0.717, 1.165) is 11.1 Å². The van der Waals surface area contributed by atoms with Crippen LogP contribution >= 0.6 is 0 Å². The van der Waals surface area contributed by atoms with Gasteiger partial charge in [-0.2, -0.15) is 0 Å². The third-order valence-electron chi connectivity index (χ3n) is 4.66. The molecule has 0 saturated heterocycles. The number of hydrogen-bond donors (Lipinski definition) is 1. The molecule has 150 valence electrons. The first-order valence-electron chi connectivity index (χ1n) is 9.20. The lowest BCUT2D eigenvalue weighted by Crippen LogP contribution is -2.24. The minimum atomic E-state index is -0.371. The van der Waals surface area contributed by atoms with Crippen molar-refractivity contribution in [2.24, 2.45) is 0 Å². The third-order valence-corrected chi connectivity index (χ3v) is 4.66. The Kier molecular flexibility index (Phi) is 6.24. The van der Waals surface area contributed by atoms with Crippen molar-refractivity contribution < 1.29 is 18.7 Å². The number of methoxy groups -OCH3 is 1. The van der Waals surface area contributed by atoms with Crippen LogP contribution in [0.2, 0.25) is 0 Å². The summed E-state index contributed by atoms with van der Waals surface area (Å²) in [4.78, 5) is 16.8. The van der Waals surface area contributed by atoms with E-state index in [1.54, 1.807) is 19.2 Å². The summed E-state index contributed by atoms with van der Waals surface area (Å²) in [6, 6.07) is 16.7. The lowest BCUT2D eigenvalue weighted by molar-refractivity contribution is 0.0192. The van der Waals surface area contributed by atoms with Crippen molar-refractivity contribution in [1.82, 2.24) is 10.3 Å². The van der Waals surface area contributed by atoms with Crippen LogP contribution in [0, 0.1) is 5.82 Å². The summed E-state index contributed by atoms with van der Waals surface area (Å²) < 4.78 is 24.2. The molecule has 1 N–H and O–H groups in total. The summed E-state index contributed by atoms with van der Waals surface area (Å²) in [7, 11) is 1.67. The fraction of sp³-hybridized carbons (Fsp3) is 0.217. The largest absolute Gasteiger partial charge is 0.438 e.